The summed E-state index contributed by atoms with van der Waals surface area (Å²) in [6, 6.07) is 13.2. The maximum atomic E-state index is 3.04. The number of hydrogen-bond acceptors (Lipinski definition) is 3. The lowest BCUT2D eigenvalue weighted by Gasteiger charge is -2.53. The molecule has 1 heterocycles. The zero-order valence-electron chi connectivity index (χ0n) is 37.0. The summed E-state index contributed by atoms with van der Waals surface area (Å²) in [6.45, 7) is 0. The van der Waals surface area contributed by atoms with Crippen molar-refractivity contribution in [1.29, 1.82) is 0 Å². The molecule has 1 aromatic heterocycles. The van der Waals surface area contributed by atoms with Crippen LogP contribution in [0.25, 0.3) is 17.8 Å². The monoisotopic (exact) mass is 837 g/mol. The van der Waals surface area contributed by atoms with Crippen LogP contribution in [0, 0.1) is 58.7 Å². The molecule has 1 aromatic carbocycles. The molecule has 11 aliphatic carbocycles. The van der Waals surface area contributed by atoms with Gasteiger partial charge >= 0.3 is 0 Å². The SMILES string of the molecule is C1=CCC(N(C2=C3C=CCCC3CCC2)C2C=CC3C4C=CCCC4C4(C5C=CCC(N(C6=c7sc8c(c7=CCC6)CCC=C8)c6ccccc6)C5C5CCCCC54)C3C2)C=C1. The zero-order chi connectivity index (χ0) is 40.8. The van der Waals surface area contributed by atoms with Gasteiger partial charge in [-0.25, -0.2) is 0 Å². The molecular formula is C59H68N2S. The third kappa shape index (κ3) is 5.84. The van der Waals surface area contributed by atoms with E-state index in [1.165, 1.54) is 107 Å². The zero-order valence-corrected chi connectivity index (χ0v) is 37.8. The molecule has 0 amide bonds. The maximum Gasteiger partial charge on any atom is 0.0543 e. The first-order valence-corrected chi connectivity index (χ1v) is 26.5. The second kappa shape index (κ2) is 15.7. The highest BCUT2D eigenvalue weighted by molar-refractivity contribution is 7.11. The lowest BCUT2D eigenvalue weighted by molar-refractivity contribution is -0.0112. The molecule has 0 saturated heterocycles. The van der Waals surface area contributed by atoms with E-state index in [9.17, 15) is 0 Å². The summed E-state index contributed by atoms with van der Waals surface area (Å²) in [7, 11) is 0. The lowest BCUT2D eigenvalue weighted by Crippen LogP contribution is -2.51. The molecule has 13 rings (SSSR count). The van der Waals surface area contributed by atoms with Gasteiger partial charge in [-0.15, -0.1) is 11.3 Å². The van der Waals surface area contributed by atoms with Crippen LogP contribution in [-0.2, 0) is 6.42 Å². The normalized spacial score (nSPS) is 39.4. The molecule has 2 aromatic rings. The molecule has 62 heavy (non-hydrogen) atoms. The van der Waals surface area contributed by atoms with E-state index in [4.69, 9.17) is 0 Å². The molecule has 13 unspecified atom stereocenters. The number of nitrogens with zero attached hydrogens (tertiary/aromatic N) is 2. The second-order valence-corrected chi connectivity index (χ2v) is 22.5. The molecular weight excluding hydrogens is 769 g/mol. The number of para-hydroxylation sites is 1. The molecule has 2 nitrogen and oxygen atoms in total. The lowest BCUT2D eigenvalue weighted by atomic mass is 9.54. The van der Waals surface area contributed by atoms with Gasteiger partial charge in [0.1, 0.15) is 0 Å². The van der Waals surface area contributed by atoms with Crippen LogP contribution in [0.2, 0.25) is 0 Å². The van der Waals surface area contributed by atoms with Gasteiger partial charge in [-0.3, -0.25) is 0 Å². The van der Waals surface area contributed by atoms with Crippen LogP contribution >= 0.6 is 11.3 Å². The molecule has 13 atom stereocenters. The fourth-order valence-electron chi connectivity index (χ4n) is 17.2. The van der Waals surface area contributed by atoms with E-state index >= 15 is 0 Å². The molecule has 0 bridgehead atoms. The van der Waals surface area contributed by atoms with Crippen molar-refractivity contribution in [2.45, 2.75) is 134 Å². The number of benzene rings is 1. The Balaban J connectivity index is 0.956. The summed E-state index contributed by atoms with van der Waals surface area (Å²) >= 11 is 2.11. The van der Waals surface area contributed by atoms with Gasteiger partial charge in [0.15, 0.2) is 0 Å². The Morgan fingerprint density at radius 3 is 2.47 bits per heavy atom. The molecule has 0 aliphatic heterocycles. The van der Waals surface area contributed by atoms with Gasteiger partial charge in [0.05, 0.1) is 10.6 Å². The van der Waals surface area contributed by atoms with Crippen LogP contribution < -0.4 is 14.7 Å². The van der Waals surface area contributed by atoms with Gasteiger partial charge in [0.2, 0.25) is 0 Å². The van der Waals surface area contributed by atoms with Crippen molar-refractivity contribution in [1.82, 2.24) is 4.90 Å². The Hall–Kier alpha value is -3.82. The molecule has 11 aliphatic rings. The predicted molar refractivity (Wildman–Crippen MR) is 261 cm³/mol. The summed E-state index contributed by atoms with van der Waals surface area (Å²) in [5.41, 5.74) is 8.48. The molecule has 3 heteroatoms. The molecule has 3 fully saturated rings. The van der Waals surface area contributed by atoms with Crippen LogP contribution in [0.1, 0.15) is 120 Å². The Morgan fingerprint density at radius 1 is 0.629 bits per heavy atom. The summed E-state index contributed by atoms with van der Waals surface area (Å²) in [5, 5.41) is 1.59. The number of thiophene rings is 1. The van der Waals surface area contributed by atoms with Crippen molar-refractivity contribution in [3.8, 4) is 0 Å². The van der Waals surface area contributed by atoms with Gasteiger partial charge in [0.25, 0.3) is 0 Å². The van der Waals surface area contributed by atoms with E-state index in [0.717, 1.165) is 48.9 Å². The first-order chi connectivity index (χ1) is 30.8. The molecule has 320 valence electrons. The number of fused-ring (bicyclic) bond motifs is 14. The summed E-state index contributed by atoms with van der Waals surface area (Å²) in [5.74, 6) is 6.58. The predicted octanol–water partition coefficient (Wildman–Crippen LogP) is 13.0. The largest absolute Gasteiger partial charge is 0.361 e. The van der Waals surface area contributed by atoms with Crippen LogP contribution in [0.5, 0.6) is 0 Å². The second-order valence-electron chi connectivity index (χ2n) is 21.5. The number of allylic oxidation sites excluding steroid dienone is 11. The smallest absolute Gasteiger partial charge is 0.0543 e. The van der Waals surface area contributed by atoms with Crippen molar-refractivity contribution >= 4 is 34.9 Å². The highest BCUT2D eigenvalue weighted by Crippen LogP contribution is 2.76. The van der Waals surface area contributed by atoms with E-state index < -0.39 is 0 Å². The van der Waals surface area contributed by atoms with Gasteiger partial charge in [-0.05, 0) is 196 Å². The van der Waals surface area contributed by atoms with Gasteiger partial charge in [-0.1, -0.05) is 116 Å². The van der Waals surface area contributed by atoms with E-state index in [1.54, 1.807) is 32.3 Å². The fraction of sp³-hybridized carbons (Fsp3) is 0.525. The molecule has 0 N–H and O–H groups in total. The molecule has 1 spiro atoms. The number of anilines is 1. The van der Waals surface area contributed by atoms with Crippen LogP contribution in [-0.4, -0.2) is 23.0 Å². The van der Waals surface area contributed by atoms with Crippen molar-refractivity contribution in [3.05, 3.63) is 141 Å². The first kappa shape index (κ1) is 38.6. The third-order valence-corrected chi connectivity index (χ3v) is 20.3. The average molecular weight is 837 g/mol. The highest BCUT2D eigenvalue weighted by atomic mass is 32.1. The van der Waals surface area contributed by atoms with Gasteiger partial charge < -0.3 is 9.80 Å². The van der Waals surface area contributed by atoms with Crippen molar-refractivity contribution < 1.29 is 0 Å². The van der Waals surface area contributed by atoms with Crippen LogP contribution in [0.3, 0.4) is 0 Å². The number of hydrogen-bond donors (Lipinski definition) is 0. The van der Waals surface area contributed by atoms with Crippen molar-refractivity contribution in [3.63, 3.8) is 0 Å². The summed E-state index contributed by atoms with van der Waals surface area (Å²) in [6.07, 6.45) is 62.3. The van der Waals surface area contributed by atoms with Crippen molar-refractivity contribution in [2.75, 3.05) is 4.90 Å². The highest BCUT2D eigenvalue weighted by Gasteiger charge is 2.72. The topological polar surface area (TPSA) is 6.48 Å². The summed E-state index contributed by atoms with van der Waals surface area (Å²) < 4.78 is 1.59. The van der Waals surface area contributed by atoms with Crippen LogP contribution in [0.4, 0.5) is 5.69 Å². The van der Waals surface area contributed by atoms with Crippen molar-refractivity contribution in [2.24, 2.45) is 58.7 Å². The average Bonchev–Trinajstić information content (AvgIpc) is 3.97. The first-order valence-electron chi connectivity index (χ1n) is 25.7. The Labute approximate surface area is 376 Å². The van der Waals surface area contributed by atoms with Gasteiger partial charge in [-0.2, -0.15) is 0 Å². The minimum absolute atomic E-state index is 0.352. The standard InChI is InChI=1S/C59H68N2S/c1-3-20-40(21-4-1)60(53-32-15-19-39-18-7-8-24-43(39)53)42-36-37-45-44-25-9-12-29-49(44)59(52(45)38-42)50-30-13-10-27-48(50)57-51(59)31-17-33-54(57)61(41-22-5-2-6-23-41)55-34-16-28-47-46-26-11-14-35-56(46)62-58(47)55/h1-6,8-9,14,17,20,22-25,28,31,35-37,39-40,42,44-45,48-52,54,57H,7,10-13,15-16,18-19,21,26-27,29-30,32-34,38H2. The minimum Gasteiger partial charge on any atom is -0.361 e. The molecule has 0 radical (unpaired) electrons. The summed E-state index contributed by atoms with van der Waals surface area (Å²) in [4.78, 5) is 7.58. The van der Waals surface area contributed by atoms with E-state index in [2.05, 4.69) is 143 Å². The molecule has 3 saturated carbocycles. The minimum atomic E-state index is 0.352. The van der Waals surface area contributed by atoms with Crippen LogP contribution in [0.15, 0.2) is 121 Å². The van der Waals surface area contributed by atoms with E-state index in [0.29, 0.717) is 47.2 Å². The quantitative estimate of drug-likeness (QED) is 0.268. The van der Waals surface area contributed by atoms with E-state index in [1.807, 2.05) is 0 Å². The Morgan fingerprint density at radius 2 is 1.53 bits per heavy atom. The Kier molecular flexibility index (Phi) is 9.79. The Bertz CT molecular complexity index is 2450. The number of rotatable bonds is 6. The van der Waals surface area contributed by atoms with Gasteiger partial charge in [0, 0.05) is 34.0 Å². The van der Waals surface area contributed by atoms with E-state index in [-0.39, 0.29) is 0 Å². The maximum absolute atomic E-state index is 3.04. The third-order valence-electron chi connectivity index (χ3n) is 19.1. The fourth-order valence-corrected chi connectivity index (χ4v) is 18.6.